The molecule has 0 atom stereocenters. The Kier molecular flexibility index (Phi) is 6.43. The summed E-state index contributed by atoms with van der Waals surface area (Å²) in [6.07, 6.45) is 3.32. The van der Waals surface area contributed by atoms with Crippen molar-refractivity contribution in [1.82, 2.24) is 8.99 Å². The highest BCUT2D eigenvalue weighted by Gasteiger charge is 2.23. The highest BCUT2D eigenvalue weighted by atomic mass is 35.5. The summed E-state index contributed by atoms with van der Waals surface area (Å²) in [6, 6.07) is 10.2. The lowest BCUT2D eigenvalue weighted by atomic mass is 10.2. The molecular formula is C18H10Cl5N3O2. The van der Waals surface area contributed by atoms with Gasteiger partial charge >= 0.3 is 6.03 Å². The number of halogens is 5. The summed E-state index contributed by atoms with van der Waals surface area (Å²) in [5.41, 5.74) is 1.21. The lowest BCUT2D eigenvalue weighted by Crippen LogP contribution is -2.32. The number of urea groups is 1. The van der Waals surface area contributed by atoms with Crippen LogP contribution in [0.1, 0.15) is 10.4 Å². The molecule has 5 nitrogen and oxygen atoms in total. The van der Waals surface area contributed by atoms with Crippen LogP contribution in [0.3, 0.4) is 0 Å². The number of anilines is 1. The molecule has 0 bridgehead atoms. The van der Waals surface area contributed by atoms with Crippen molar-refractivity contribution in [2.45, 2.75) is 0 Å². The lowest BCUT2D eigenvalue weighted by molar-refractivity contribution is 0.0893. The van der Waals surface area contributed by atoms with E-state index in [9.17, 15) is 9.59 Å². The van der Waals surface area contributed by atoms with E-state index in [1.807, 2.05) is 0 Å². The Balaban J connectivity index is 1.71. The highest BCUT2D eigenvalue weighted by molar-refractivity contribution is 6.42. The third-order valence-electron chi connectivity index (χ3n) is 3.67. The Morgan fingerprint density at radius 3 is 2.07 bits per heavy atom. The van der Waals surface area contributed by atoms with Crippen LogP contribution in [0.2, 0.25) is 20.1 Å². The minimum Gasteiger partial charge on any atom is -0.321 e. The predicted molar refractivity (Wildman–Crippen MR) is 113 cm³/mol. The Bertz CT molecular complexity index is 1030. The fraction of sp³-hybridized carbons (Fsp3) is 0. The van der Waals surface area contributed by atoms with Gasteiger partial charge in [-0.3, -0.25) is 4.79 Å². The minimum absolute atomic E-state index is 0.0102. The molecule has 0 spiro atoms. The second-order valence-electron chi connectivity index (χ2n) is 5.55. The number of imide groups is 1. The van der Waals surface area contributed by atoms with Gasteiger partial charge < -0.3 is 9.88 Å². The first-order valence-corrected chi connectivity index (χ1v) is 9.51. The molecular weight excluding hydrogens is 467 g/mol. The van der Waals surface area contributed by atoms with Gasteiger partial charge in [0.1, 0.15) is 0 Å². The monoisotopic (exact) mass is 475 g/mol. The number of nitrogens with one attached hydrogen (secondary N) is 1. The van der Waals surface area contributed by atoms with E-state index in [1.54, 1.807) is 41.2 Å². The fourth-order valence-electron chi connectivity index (χ4n) is 2.30. The van der Waals surface area contributed by atoms with Crippen molar-refractivity contribution in [2.24, 2.45) is 0 Å². The Morgan fingerprint density at radius 1 is 0.857 bits per heavy atom. The van der Waals surface area contributed by atoms with Crippen LogP contribution in [0.5, 0.6) is 0 Å². The molecule has 0 unspecified atom stereocenters. The molecule has 0 fully saturated rings. The molecule has 10 heteroatoms. The van der Waals surface area contributed by atoms with Crippen LogP contribution in [-0.4, -0.2) is 20.9 Å². The number of hydrogen-bond acceptors (Lipinski definition) is 2. The summed E-state index contributed by atoms with van der Waals surface area (Å²) < 4.78 is 2.13. The van der Waals surface area contributed by atoms with Gasteiger partial charge in [0.2, 0.25) is 0 Å². The zero-order valence-corrected chi connectivity index (χ0v) is 17.6. The summed E-state index contributed by atoms with van der Waals surface area (Å²) >= 11 is 29.6. The van der Waals surface area contributed by atoms with Crippen LogP contribution < -0.4 is 5.32 Å². The molecule has 0 radical (unpaired) electrons. The maximum absolute atomic E-state index is 12.4. The van der Waals surface area contributed by atoms with Crippen LogP contribution in [0.25, 0.3) is 5.69 Å². The standard InChI is InChI=1S/C18H10Cl5N3O2/c19-10-1-6-14(20)13(7-10)17(27)26(23)18(28)24-11-2-4-12(5-3-11)25-8-15(21)16(22)9-25/h1-9H,(H,24,28). The molecule has 3 amide bonds. The first kappa shape index (κ1) is 20.8. The third kappa shape index (κ3) is 4.57. The van der Waals surface area contributed by atoms with Crippen LogP contribution in [0.4, 0.5) is 10.5 Å². The van der Waals surface area contributed by atoms with Crippen molar-refractivity contribution >= 4 is 75.8 Å². The highest BCUT2D eigenvalue weighted by Crippen LogP contribution is 2.26. The molecule has 2 aromatic carbocycles. The zero-order chi connectivity index (χ0) is 20.4. The molecule has 0 saturated carbocycles. The van der Waals surface area contributed by atoms with Crippen LogP contribution >= 0.6 is 58.2 Å². The fourth-order valence-corrected chi connectivity index (χ4v) is 3.11. The van der Waals surface area contributed by atoms with Gasteiger partial charge in [0.15, 0.2) is 0 Å². The van der Waals surface area contributed by atoms with Crippen molar-refractivity contribution in [3.05, 3.63) is 80.5 Å². The molecule has 144 valence electrons. The second-order valence-corrected chi connectivity index (χ2v) is 7.54. The summed E-state index contributed by atoms with van der Waals surface area (Å²) in [6.45, 7) is 0. The van der Waals surface area contributed by atoms with Gasteiger partial charge in [0.05, 0.1) is 20.6 Å². The molecule has 1 N–H and O–H groups in total. The van der Waals surface area contributed by atoms with E-state index in [0.717, 1.165) is 5.69 Å². The SMILES string of the molecule is O=C(Nc1ccc(-n2cc(Cl)c(Cl)c2)cc1)N(Cl)C(=O)c1cc(Cl)ccc1Cl. The number of aromatic nitrogens is 1. The Hall–Kier alpha value is -1.89. The average Bonchev–Trinajstić information content (AvgIpc) is 3.01. The maximum atomic E-state index is 12.4. The van der Waals surface area contributed by atoms with Crippen LogP contribution in [-0.2, 0) is 0 Å². The van der Waals surface area contributed by atoms with Crippen molar-refractivity contribution in [3.63, 3.8) is 0 Å². The summed E-state index contributed by atoms with van der Waals surface area (Å²) in [4.78, 5) is 24.7. The normalized spacial score (nSPS) is 10.6. The number of nitrogens with zero attached hydrogens (tertiary/aromatic N) is 2. The van der Waals surface area contributed by atoms with Gasteiger partial charge in [-0.15, -0.1) is 0 Å². The van der Waals surface area contributed by atoms with E-state index in [1.165, 1.54) is 18.2 Å². The van der Waals surface area contributed by atoms with Crippen LogP contribution in [0, 0.1) is 0 Å². The number of carbonyl (C=O) groups excluding carboxylic acids is 2. The molecule has 1 heterocycles. The van der Waals surface area contributed by atoms with Crippen molar-refractivity contribution < 1.29 is 9.59 Å². The largest absolute Gasteiger partial charge is 0.343 e. The van der Waals surface area contributed by atoms with Crippen molar-refractivity contribution in [2.75, 3.05) is 5.32 Å². The topological polar surface area (TPSA) is 54.3 Å². The van der Waals surface area contributed by atoms with Crippen LogP contribution in [0.15, 0.2) is 54.9 Å². The molecule has 3 rings (SSSR count). The lowest BCUT2D eigenvalue weighted by Gasteiger charge is -2.14. The predicted octanol–water partition coefficient (Wildman–Crippen LogP) is 6.92. The van der Waals surface area contributed by atoms with E-state index in [-0.39, 0.29) is 10.6 Å². The molecule has 0 aliphatic rings. The number of carbonyl (C=O) groups is 2. The summed E-state index contributed by atoms with van der Waals surface area (Å²) in [7, 11) is 0. The van der Waals surface area contributed by atoms with E-state index in [0.29, 0.717) is 25.2 Å². The van der Waals surface area contributed by atoms with Gasteiger partial charge in [0.25, 0.3) is 5.91 Å². The first-order valence-electron chi connectivity index (χ1n) is 7.66. The van der Waals surface area contributed by atoms with E-state index in [2.05, 4.69) is 5.32 Å². The van der Waals surface area contributed by atoms with Gasteiger partial charge in [-0.05, 0) is 42.5 Å². The molecule has 0 aliphatic carbocycles. The van der Waals surface area contributed by atoms with Gasteiger partial charge in [0, 0.05) is 40.6 Å². The summed E-state index contributed by atoms with van der Waals surface area (Å²) in [5.74, 6) is -0.806. The molecule has 28 heavy (non-hydrogen) atoms. The quantitative estimate of drug-likeness (QED) is 0.416. The Morgan fingerprint density at radius 2 is 1.46 bits per heavy atom. The third-order valence-corrected chi connectivity index (χ3v) is 5.24. The molecule has 3 aromatic rings. The first-order chi connectivity index (χ1) is 13.3. The second kappa shape index (κ2) is 8.64. The number of benzene rings is 2. The summed E-state index contributed by atoms with van der Waals surface area (Å²) in [5, 5.41) is 3.79. The number of hydrogen-bond donors (Lipinski definition) is 1. The van der Waals surface area contributed by atoms with Crippen molar-refractivity contribution in [3.8, 4) is 5.69 Å². The minimum atomic E-state index is -0.845. The smallest absolute Gasteiger partial charge is 0.321 e. The molecule has 1 aromatic heterocycles. The van der Waals surface area contributed by atoms with E-state index in [4.69, 9.17) is 58.2 Å². The zero-order valence-electron chi connectivity index (χ0n) is 13.8. The van der Waals surface area contributed by atoms with E-state index < -0.39 is 11.9 Å². The molecule has 0 saturated heterocycles. The average molecular weight is 478 g/mol. The van der Waals surface area contributed by atoms with Crippen molar-refractivity contribution in [1.29, 1.82) is 0 Å². The van der Waals surface area contributed by atoms with E-state index >= 15 is 0 Å². The van der Waals surface area contributed by atoms with Gasteiger partial charge in [-0.1, -0.05) is 46.4 Å². The number of amides is 3. The number of rotatable bonds is 3. The Labute approximate surface area is 185 Å². The maximum Gasteiger partial charge on any atom is 0.343 e. The molecule has 0 aliphatic heterocycles. The van der Waals surface area contributed by atoms with Gasteiger partial charge in [-0.2, -0.15) is 4.42 Å². The van der Waals surface area contributed by atoms with Gasteiger partial charge in [-0.25, -0.2) is 4.79 Å².